The molecule has 1 N–H and O–H groups in total. The van der Waals surface area contributed by atoms with Crippen LogP contribution >= 0.6 is 0 Å². The molecule has 0 aliphatic carbocycles. The number of amides is 1. The third kappa shape index (κ3) is 5.40. The molecular weight excluding hydrogens is 382 g/mol. The van der Waals surface area contributed by atoms with E-state index >= 15 is 0 Å². The van der Waals surface area contributed by atoms with E-state index in [1.807, 2.05) is 0 Å². The summed E-state index contributed by atoms with van der Waals surface area (Å²) in [4.78, 5) is 23.8. The molecule has 0 bridgehead atoms. The molecule has 2 aromatic rings. The highest BCUT2D eigenvalue weighted by atomic mass is 32.2. The Morgan fingerprint density at radius 3 is 2.25 bits per heavy atom. The van der Waals surface area contributed by atoms with Gasteiger partial charge in [0.15, 0.2) is 0 Å². The second kappa shape index (κ2) is 9.14. The molecule has 9 heteroatoms. The SMILES string of the molecule is COC(=O)c1ccc(/C=N\NC(=O)[C@H](C)N(c2ccccc2)S(C)(=O)=O)cc1. The van der Waals surface area contributed by atoms with E-state index in [1.54, 1.807) is 54.6 Å². The van der Waals surface area contributed by atoms with Crippen molar-refractivity contribution in [3.8, 4) is 0 Å². The number of carbonyl (C=O) groups excluding carboxylic acids is 2. The Bertz CT molecular complexity index is 957. The van der Waals surface area contributed by atoms with E-state index in [0.717, 1.165) is 10.6 Å². The van der Waals surface area contributed by atoms with Crippen LogP contribution in [0.4, 0.5) is 5.69 Å². The lowest BCUT2D eigenvalue weighted by Crippen LogP contribution is -2.46. The van der Waals surface area contributed by atoms with Gasteiger partial charge in [-0.2, -0.15) is 5.10 Å². The molecular formula is C19H21N3O5S. The van der Waals surface area contributed by atoms with Gasteiger partial charge in [-0.15, -0.1) is 0 Å². The summed E-state index contributed by atoms with van der Waals surface area (Å²) in [6, 6.07) is 13.8. The van der Waals surface area contributed by atoms with Gasteiger partial charge in [0.2, 0.25) is 10.0 Å². The van der Waals surface area contributed by atoms with Crippen molar-refractivity contribution in [1.29, 1.82) is 0 Å². The highest BCUT2D eigenvalue weighted by molar-refractivity contribution is 7.92. The molecule has 0 heterocycles. The number of hydrazone groups is 1. The predicted octanol–water partition coefficient (Wildman–Crippen LogP) is 1.78. The third-order valence-electron chi connectivity index (χ3n) is 3.82. The van der Waals surface area contributed by atoms with Gasteiger partial charge in [0.05, 0.1) is 30.8 Å². The number of sulfonamides is 1. The first kappa shape index (κ1) is 21.1. The number of hydrogen-bond donors (Lipinski definition) is 1. The Hall–Kier alpha value is -3.20. The molecule has 0 saturated carbocycles. The minimum absolute atomic E-state index is 0.384. The van der Waals surface area contributed by atoms with Crippen molar-refractivity contribution in [2.45, 2.75) is 13.0 Å². The Morgan fingerprint density at radius 2 is 1.71 bits per heavy atom. The van der Waals surface area contributed by atoms with Gasteiger partial charge in [-0.05, 0) is 36.8 Å². The van der Waals surface area contributed by atoms with Gasteiger partial charge in [0.1, 0.15) is 6.04 Å². The van der Waals surface area contributed by atoms with E-state index < -0.39 is 27.9 Å². The third-order valence-corrected chi connectivity index (χ3v) is 5.06. The number of nitrogens with zero attached hydrogens (tertiary/aromatic N) is 2. The standard InChI is InChI=1S/C19H21N3O5S/c1-14(22(28(3,25)26)17-7-5-4-6-8-17)18(23)21-20-13-15-9-11-16(12-10-15)19(24)27-2/h4-14H,1-3H3,(H,21,23)/b20-13-/t14-/m0/s1. The molecule has 0 aliphatic heterocycles. The van der Waals surface area contributed by atoms with E-state index in [9.17, 15) is 18.0 Å². The van der Waals surface area contributed by atoms with E-state index in [-0.39, 0.29) is 0 Å². The number of benzene rings is 2. The number of nitrogens with one attached hydrogen (secondary N) is 1. The first-order chi connectivity index (χ1) is 13.2. The molecule has 0 radical (unpaired) electrons. The number of hydrogen-bond acceptors (Lipinski definition) is 6. The van der Waals surface area contributed by atoms with Gasteiger partial charge in [0.25, 0.3) is 5.91 Å². The zero-order chi connectivity index (χ0) is 20.7. The maximum absolute atomic E-state index is 12.4. The molecule has 1 atom stereocenters. The molecule has 0 spiro atoms. The predicted molar refractivity (Wildman–Crippen MR) is 107 cm³/mol. The monoisotopic (exact) mass is 403 g/mol. The molecule has 28 heavy (non-hydrogen) atoms. The highest BCUT2D eigenvalue weighted by Gasteiger charge is 2.28. The summed E-state index contributed by atoms with van der Waals surface area (Å²) in [5.41, 5.74) is 3.75. The molecule has 8 nitrogen and oxygen atoms in total. The first-order valence-corrected chi connectivity index (χ1v) is 10.1. The van der Waals surface area contributed by atoms with Crippen molar-refractivity contribution in [1.82, 2.24) is 5.43 Å². The molecule has 0 saturated heterocycles. The fraction of sp³-hybridized carbons (Fsp3) is 0.211. The van der Waals surface area contributed by atoms with Crippen LogP contribution in [0, 0.1) is 0 Å². The topological polar surface area (TPSA) is 105 Å². The number of rotatable bonds is 7. The van der Waals surface area contributed by atoms with Gasteiger partial charge in [0, 0.05) is 0 Å². The first-order valence-electron chi connectivity index (χ1n) is 8.30. The summed E-state index contributed by atoms with van der Waals surface area (Å²) in [6.45, 7) is 1.48. The van der Waals surface area contributed by atoms with Crippen molar-refractivity contribution in [2.75, 3.05) is 17.7 Å². The van der Waals surface area contributed by atoms with Crippen LogP contribution in [0.25, 0.3) is 0 Å². The number of anilines is 1. The highest BCUT2D eigenvalue weighted by Crippen LogP contribution is 2.20. The van der Waals surface area contributed by atoms with Crippen LogP contribution in [-0.4, -0.2) is 45.9 Å². The summed E-state index contributed by atoms with van der Waals surface area (Å²) >= 11 is 0. The average molecular weight is 403 g/mol. The summed E-state index contributed by atoms with van der Waals surface area (Å²) in [5.74, 6) is -1.04. The quantitative estimate of drug-likeness (QED) is 0.431. The van der Waals surface area contributed by atoms with Crippen LogP contribution < -0.4 is 9.73 Å². The molecule has 0 fully saturated rings. The number of ether oxygens (including phenoxy) is 1. The number of esters is 1. The van der Waals surface area contributed by atoms with Crippen molar-refractivity contribution < 1.29 is 22.7 Å². The molecule has 2 rings (SSSR count). The van der Waals surface area contributed by atoms with Gasteiger partial charge >= 0.3 is 5.97 Å². The molecule has 0 aromatic heterocycles. The van der Waals surface area contributed by atoms with Crippen LogP contribution in [0.2, 0.25) is 0 Å². The Balaban J connectivity index is 2.08. The zero-order valence-electron chi connectivity index (χ0n) is 15.7. The molecule has 2 aromatic carbocycles. The Morgan fingerprint density at radius 1 is 1.11 bits per heavy atom. The summed E-state index contributed by atoms with van der Waals surface area (Å²) < 4.78 is 30.0. The largest absolute Gasteiger partial charge is 0.465 e. The van der Waals surface area contributed by atoms with Crippen molar-refractivity contribution in [3.05, 3.63) is 65.7 Å². The lowest BCUT2D eigenvalue weighted by molar-refractivity contribution is -0.121. The normalized spacial score (nSPS) is 12.4. The van der Waals surface area contributed by atoms with Gasteiger partial charge in [-0.25, -0.2) is 18.6 Å². The van der Waals surface area contributed by atoms with Crippen LogP contribution in [0.3, 0.4) is 0 Å². The summed E-state index contributed by atoms with van der Waals surface area (Å²) in [7, 11) is -2.38. The van der Waals surface area contributed by atoms with E-state index in [0.29, 0.717) is 16.8 Å². The lowest BCUT2D eigenvalue weighted by atomic mass is 10.1. The second-order valence-corrected chi connectivity index (χ2v) is 7.78. The van der Waals surface area contributed by atoms with Gasteiger partial charge in [-0.1, -0.05) is 30.3 Å². The number of para-hydroxylation sites is 1. The van der Waals surface area contributed by atoms with E-state index in [4.69, 9.17) is 0 Å². The summed E-state index contributed by atoms with van der Waals surface area (Å²) in [6.07, 6.45) is 2.43. The summed E-state index contributed by atoms with van der Waals surface area (Å²) in [5, 5.41) is 3.85. The van der Waals surface area contributed by atoms with Gasteiger partial charge < -0.3 is 4.74 Å². The van der Waals surface area contributed by atoms with Crippen LogP contribution in [-0.2, 0) is 19.6 Å². The lowest BCUT2D eigenvalue weighted by Gasteiger charge is -2.27. The van der Waals surface area contributed by atoms with Crippen molar-refractivity contribution >= 4 is 33.8 Å². The van der Waals surface area contributed by atoms with Crippen LogP contribution in [0.15, 0.2) is 59.7 Å². The van der Waals surface area contributed by atoms with E-state index in [1.165, 1.54) is 20.2 Å². The number of carbonyl (C=O) groups is 2. The Kier molecular flexibility index (Phi) is 6.89. The maximum Gasteiger partial charge on any atom is 0.337 e. The zero-order valence-corrected chi connectivity index (χ0v) is 16.5. The molecule has 1 amide bonds. The Labute approximate surface area is 163 Å². The minimum Gasteiger partial charge on any atom is -0.465 e. The fourth-order valence-electron chi connectivity index (χ4n) is 2.47. The maximum atomic E-state index is 12.4. The molecule has 0 unspecified atom stereocenters. The molecule has 148 valence electrons. The average Bonchev–Trinajstić information content (AvgIpc) is 2.67. The van der Waals surface area contributed by atoms with E-state index in [2.05, 4.69) is 15.3 Å². The van der Waals surface area contributed by atoms with Crippen LogP contribution in [0.1, 0.15) is 22.8 Å². The minimum atomic E-state index is -3.68. The fourth-order valence-corrected chi connectivity index (χ4v) is 3.65. The van der Waals surface area contributed by atoms with Crippen LogP contribution in [0.5, 0.6) is 0 Å². The van der Waals surface area contributed by atoms with Crippen molar-refractivity contribution in [3.63, 3.8) is 0 Å². The van der Waals surface area contributed by atoms with Crippen molar-refractivity contribution in [2.24, 2.45) is 5.10 Å². The smallest absolute Gasteiger partial charge is 0.337 e. The second-order valence-electron chi connectivity index (χ2n) is 5.92. The van der Waals surface area contributed by atoms with Gasteiger partial charge in [-0.3, -0.25) is 9.10 Å². The molecule has 0 aliphatic rings. The number of methoxy groups -OCH3 is 1.